The van der Waals surface area contributed by atoms with Crippen LogP contribution in [-0.2, 0) is 10.0 Å². The summed E-state index contributed by atoms with van der Waals surface area (Å²) in [7, 11) is -3.20. The summed E-state index contributed by atoms with van der Waals surface area (Å²) in [6, 6.07) is 2.24. The molecule has 1 unspecified atom stereocenters. The first-order valence-electron chi connectivity index (χ1n) is 6.42. The lowest BCUT2D eigenvalue weighted by Crippen LogP contribution is -2.40. The third kappa shape index (κ3) is 4.53. The maximum absolute atomic E-state index is 11.6. The lowest BCUT2D eigenvalue weighted by Gasteiger charge is -2.34. The first-order valence-corrected chi connectivity index (χ1v) is 10.1. The van der Waals surface area contributed by atoms with E-state index in [2.05, 4.69) is 37.0 Å². The molecule has 2 heterocycles. The SMILES string of the molecule is O=S(=O)(CBr)NCC(c1ccsc1)N1CCCCC1. The highest BCUT2D eigenvalue weighted by atomic mass is 79.9. The Bertz CT molecular complexity index is 470. The summed E-state index contributed by atoms with van der Waals surface area (Å²) in [6.07, 6.45) is 3.68. The minimum atomic E-state index is -3.20. The lowest BCUT2D eigenvalue weighted by molar-refractivity contribution is 0.165. The molecule has 7 heteroatoms. The molecule has 0 saturated carbocycles. The number of nitrogens with zero attached hydrogens (tertiary/aromatic N) is 1. The fraction of sp³-hybridized carbons (Fsp3) is 0.667. The predicted octanol–water partition coefficient (Wildman–Crippen LogP) is 2.55. The van der Waals surface area contributed by atoms with Gasteiger partial charge < -0.3 is 0 Å². The Morgan fingerprint density at radius 2 is 2.11 bits per heavy atom. The monoisotopic (exact) mass is 366 g/mol. The van der Waals surface area contributed by atoms with E-state index >= 15 is 0 Å². The highest BCUT2D eigenvalue weighted by molar-refractivity contribution is 9.10. The summed E-state index contributed by atoms with van der Waals surface area (Å²) < 4.78 is 25.8. The fourth-order valence-corrected chi connectivity index (χ4v) is 4.08. The van der Waals surface area contributed by atoms with Crippen molar-refractivity contribution in [2.75, 3.05) is 24.3 Å². The second-order valence-corrected chi connectivity index (χ2v) is 8.63. The molecule has 1 saturated heterocycles. The van der Waals surface area contributed by atoms with Crippen molar-refractivity contribution < 1.29 is 8.42 Å². The Morgan fingerprint density at radius 1 is 1.37 bits per heavy atom. The number of thiophene rings is 1. The first-order chi connectivity index (χ1) is 9.12. The van der Waals surface area contributed by atoms with Gasteiger partial charge in [0.2, 0.25) is 10.0 Å². The van der Waals surface area contributed by atoms with Gasteiger partial charge in [0.15, 0.2) is 0 Å². The van der Waals surface area contributed by atoms with Crippen LogP contribution >= 0.6 is 27.3 Å². The fourth-order valence-electron chi connectivity index (χ4n) is 2.40. The molecule has 4 nitrogen and oxygen atoms in total. The van der Waals surface area contributed by atoms with Gasteiger partial charge in [-0.05, 0) is 48.3 Å². The number of halogens is 1. The van der Waals surface area contributed by atoms with E-state index in [-0.39, 0.29) is 10.7 Å². The lowest BCUT2D eigenvalue weighted by atomic mass is 10.0. The minimum absolute atomic E-state index is 0.0453. The van der Waals surface area contributed by atoms with Crippen LogP contribution in [0.4, 0.5) is 0 Å². The van der Waals surface area contributed by atoms with Crippen LogP contribution in [-0.4, -0.2) is 37.6 Å². The Hall–Kier alpha value is 0.0500. The quantitative estimate of drug-likeness (QED) is 0.787. The van der Waals surface area contributed by atoms with Crippen molar-refractivity contribution in [3.8, 4) is 0 Å². The molecule has 1 atom stereocenters. The minimum Gasteiger partial charge on any atom is -0.295 e. The average Bonchev–Trinajstić information content (AvgIpc) is 2.94. The van der Waals surface area contributed by atoms with Crippen molar-refractivity contribution in [3.63, 3.8) is 0 Å². The van der Waals surface area contributed by atoms with Gasteiger partial charge in [0.1, 0.15) is 4.66 Å². The molecule has 0 bridgehead atoms. The number of sulfonamides is 1. The van der Waals surface area contributed by atoms with Crippen molar-refractivity contribution in [1.82, 2.24) is 9.62 Å². The van der Waals surface area contributed by atoms with Gasteiger partial charge in [-0.25, -0.2) is 13.1 Å². The summed E-state index contributed by atoms with van der Waals surface area (Å²) in [6.45, 7) is 2.55. The van der Waals surface area contributed by atoms with Crippen LogP contribution < -0.4 is 4.72 Å². The molecule has 1 aromatic rings. The molecule has 1 fully saturated rings. The maximum Gasteiger partial charge on any atom is 0.221 e. The van der Waals surface area contributed by atoms with Crippen molar-refractivity contribution >= 4 is 37.3 Å². The molecule has 2 rings (SSSR count). The van der Waals surface area contributed by atoms with E-state index in [4.69, 9.17) is 0 Å². The second kappa shape index (κ2) is 7.17. The Kier molecular flexibility index (Phi) is 5.83. The van der Waals surface area contributed by atoms with Gasteiger partial charge in [0.05, 0.1) is 0 Å². The molecule has 1 N–H and O–H groups in total. The Balaban J connectivity index is 2.06. The first kappa shape index (κ1) is 15.4. The molecule has 0 spiro atoms. The zero-order valence-electron chi connectivity index (χ0n) is 10.7. The highest BCUT2D eigenvalue weighted by Gasteiger charge is 2.24. The van der Waals surface area contributed by atoms with Crippen LogP contribution in [0.1, 0.15) is 30.9 Å². The number of piperidine rings is 1. The molecular weight excluding hydrogens is 348 g/mol. The standard InChI is InChI=1S/C12H19BrN2O2S2/c13-10-19(16,17)14-8-12(11-4-7-18-9-11)15-5-2-1-3-6-15/h4,7,9,12,14H,1-3,5-6,8,10H2. The number of hydrogen-bond acceptors (Lipinski definition) is 4. The van der Waals surface area contributed by atoms with E-state index in [1.807, 2.05) is 5.38 Å². The number of alkyl halides is 1. The van der Waals surface area contributed by atoms with Crippen molar-refractivity contribution in [2.45, 2.75) is 25.3 Å². The summed E-state index contributed by atoms with van der Waals surface area (Å²) in [4.78, 5) is 2.39. The summed E-state index contributed by atoms with van der Waals surface area (Å²) in [5, 5.41) is 4.16. The zero-order chi connectivity index (χ0) is 13.7. The van der Waals surface area contributed by atoms with Gasteiger partial charge >= 0.3 is 0 Å². The zero-order valence-corrected chi connectivity index (χ0v) is 13.9. The molecule has 1 aromatic heterocycles. The topological polar surface area (TPSA) is 49.4 Å². The van der Waals surface area contributed by atoms with E-state index in [1.165, 1.54) is 24.8 Å². The van der Waals surface area contributed by atoms with Crippen LogP contribution in [0.25, 0.3) is 0 Å². The van der Waals surface area contributed by atoms with E-state index in [0.29, 0.717) is 6.54 Å². The van der Waals surface area contributed by atoms with Gasteiger partial charge in [-0.3, -0.25) is 4.90 Å². The van der Waals surface area contributed by atoms with Crippen molar-refractivity contribution in [3.05, 3.63) is 22.4 Å². The summed E-state index contributed by atoms with van der Waals surface area (Å²) in [5.41, 5.74) is 1.21. The molecule has 0 amide bonds. The normalized spacial score (nSPS) is 19.4. The smallest absolute Gasteiger partial charge is 0.221 e. The van der Waals surface area contributed by atoms with Crippen LogP contribution in [0.5, 0.6) is 0 Å². The Morgan fingerprint density at radius 3 is 2.68 bits per heavy atom. The molecular formula is C12H19BrN2O2S2. The van der Waals surface area contributed by atoms with Crippen molar-refractivity contribution in [2.24, 2.45) is 0 Å². The molecule has 108 valence electrons. The van der Waals surface area contributed by atoms with Crippen LogP contribution in [0, 0.1) is 0 Å². The van der Waals surface area contributed by atoms with E-state index in [0.717, 1.165) is 13.1 Å². The van der Waals surface area contributed by atoms with Crippen LogP contribution in [0.2, 0.25) is 0 Å². The second-order valence-electron chi connectivity index (χ2n) is 4.74. The maximum atomic E-state index is 11.6. The third-order valence-electron chi connectivity index (χ3n) is 3.40. The number of rotatable bonds is 6. The average molecular weight is 367 g/mol. The molecule has 19 heavy (non-hydrogen) atoms. The number of hydrogen-bond donors (Lipinski definition) is 1. The largest absolute Gasteiger partial charge is 0.295 e. The van der Waals surface area contributed by atoms with E-state index in [1.54, 1.807) is 11.3 Å². The Labute approximate surface area is 127 Å². The number of likely N-dealkylation sites (tertiary alicyclic amines) is 1. The van der Waals surface area contributed by atoms with E-state index < -0.39 is 10.0 Å². The molecule has 1 aliphatic rings. The predicted molar refractivity (Wildman–Crippen MR) is 83.2 cm³/mol. The van der Waals surface area contributed by atoms with Gasteiger partial charge in [0.25, 0.3) is 0 Å². The van der Waals surface area contributed by atoms with Crippen LogP contribution in [0.15, 0.2) is 16.8 Å². The molecule has 0 aliphatic carbocycles. The number of nitrogens with one attached hydrogen (secondary N) is 1. The molecule has 0 aromatic carbocycles. The van der Waals surface area contributed by atoms with Gasteiger partial charge in [-0.1, -0.05) is 22.4 Å². The van der Waals surface area contributed by atoms with Gasteiger partial charge in [-0.2, -0.15) is 11.3 Å². The van der Waals surface area contributed by atoms with E-state index in [9.17, 15) is 8.42 Å². The van der Waals surface area contributed by atoms with Gasteiger partial charge in [0, 0.05) is 12.6 Å². The van der Waals surface area contributed by atoms with Crippen molar-refractivity contribution in [1.29, 1.82) is 0 Å². The molecule has 1 aliphatic heterocycles. The van der Waals surface area contributed by atoms with Crippen LogP contribution in [0.3, 0.4) is 0 Å². The molecule has 0 radical (unpaired) electrons. The van der Waals surface area contributed by atoms with Gasteiger partial charge in [-0.15, -0.1) is 0 Å². The summed E-state index contributed by atoms with van der Waals surface area (Å²) in [5.74, 6) is 0. The summed E-state index contributed by atoms with van der Waals surface area (Å²) >= 11 is 4.66. The third-order valence-corrected chi connectivity index (χ3v) is 6.80. The highest BCUT2D eigenvalue weighted by Crippen LogP contribution is 2.26.